The Morgan fingerprint density at radius 1 is 1.11 bits per heavy atom. The lowest BCUT2D eigenvalue weighted by Gasteiger charge is -2.09. The van der Waals surface area contributed by atoms with E-state index in [0.717, 1.165) is 27.3 Å². The summed E-state index contributed by atoms with van der Waals surface area (Å²) in [6.07, 6.45) is 1.98. The highest BCUT2D eigenvalue weighted by Crippen LogP contribution is 2.25. The van der Waals surface area contributed by atoms with E-state index in [-0.39, 0.29) is 5.78 Å². The maximum Gasteiger partial charge on any atom is 0.194 e. The molecule has 0 unspecified atom stereocenters. The van der Waals surface area contributed by atoms with E-state index in [1.807, 2.05) is 55.6 Å². The second kappa shape index (κ2) is 5.93. The van der Waals surface area contributed by atoms with Crippen molar-refractivity contribution in [3.8, 4) is 5.75 Å². The number of methoxy groups -OCH3 is 1. The molecule has 3 heteroatoms. The lowest BCUT2D eigenvalue weighted by atomic mass is 9.99. The SMILES string of the molecule is COc1ccc(C(=O)c2ccccc2SC)c(C)c1. The fraction of sp³-hybridized carbons (Fsp3) is 0.188. The molecule has 2 aromatic rings. The molecular formula is C16H16O2S. The molecule has 0 fully saturated rings. The second-order valence-electron chi connectivity index (χ2n) is 4.21. The highest BCUT2D eigenvalue weighted by molar-refractivity contribution is 7.98. The number of carbonyl (C=O) groups excluding carboxylic acids is 1. The van der Waals surface area contributed by atoms with Gasteiger partial charge in [0.2, 0.25) is 0 Å². The molecule has 0 saturated heterocycles. The van der Waals surface area contributed by atoms with Gasteiger partial charge in [0.25, 0.3) is 0 Å². The van der Waals surface area contributed by atoms with E-state index in [1.54, 1.807) is 18.9 Å². The van der Waals surface area contributed by atoms with Crippen molar-refractivity contribution in [1.29, 1.82) is 0 Å². The maximum absolute atomic E-state index is 12.6. The smallest absolute Gasteiger partial charge is 0.194 e. The van der Waals surface area contributed by atoms with E-state index >= 15 is 0 Å². The zero-order valence-corrected chi connectivity index (χ0v) is 12.1. The van der Waals surface area contributed by atoms with Crippen molar-refractivity contribution in [2.24, 2.45) is 0 Å². The van der Waals surface area contributed by atoms with Crippen molar-refractivity contribution >= 4 is 17.5 Å². The number of hydrogen-bond donors (Lipinski definition) is 0. The average Bonchev–Trinajstić information content (AvgIpc) is 2.46. The fourth-order valence-electron chi connectivity index (χ4n) is 2.00. The molecule has 0 heterocycles. The Bertz CT molecular complexity index is 605. The number of ketones is 1. The van der Waals surface area contributed by atoms with Crippen molar-refractivity contribution in [3.05, 3.63) is 59.2 Å². The lowest BCUT2D eigenvalue weighted by Crippen LogP contribution is -2.05. The van der Waals surface area contributed by atoms with E-state index in [4.69, 9.17) is 4.74 Å². The van der Waals surface area contributed by atoms with Crippen molar-refractivity contribution in [1.82, 2.24) is 0 Å². The van der Waals surface area contributed by atoms with Gasteiger partial charge in [0.15, 0.2) is 5.78 Å². The number of benzene rings is 2. The monoisotopic (exact) mass is 272 g/mol. The lowest BCUT2D eigenvalue weighted by molar-refractivity contribution is 0.103. The van der Waals surface area contributed by atoms with Gasteiger partial charge in [-0.3, -0.25) is 4.79 Å². The van der Waals surface area contributed by atoms with Crippen LogP contribution >= 0.6 is 11.8 Å². The standard InChI is InChI=1S/C16H16O2S/c1-11-10-12(18-2)8-9-13(11)16(17)14-6-4-5-7-15(14)19-3/h4-10H,1-3H3. The summed E-state index contributed by atoms with van der Waals surface area (Å²) in [7, 11) is 1.62. The third kappa shape index (κ3) is 2.82. The van der Waals surface area contributed by atoms with E-state index in [0.29, 0.717) is 0 Å². The molecule has 0 aliphatic carbocycles. The minimum absolute atomic E-state index is 0.0603. The molecule has 0 aliphatic rings. The summed E-state index contributed by atoms with van der Waals surface area (Å²) < 4.78 is 5.16. The summed E-state index contributed by atoms with van der Waals surface area (Å²) in [4.78, 5) is 13.6. The van der Waals surface area contributed by atoms with Crippen LogP contribution in [-0.4, -0.2) is 19.1 Å². The van der Waals surface area contributed by atoms with Gasteiger partial charge in [-0.05, 0) is 49.1 Å². The van der Waals surface area contributed by atoms with Crippen LogP contribution in [0.2, 0.25) is 0 Å². The van der Waals surface area contributed by atoms with Gasteiger partial charge >= 0.3 is 0 Å². The molecule has 19 heavy (non-hydrogen) atoms. The molecule has 2 nitrogen and oxygen atoms in total. The quantitative estimate of drug-likeness (QED) is 0.622. The molecule has 2 rings (SSSR count). The second-order valence-corrected chi connectivity index (χ2v) is 5.06. The van der Waals surface area contributed by atoms with Gasteiger partial charge in [-0.1, -0.05) is 12.1 Å². The summed E-state index contributed by atoms with van der Waals surface area (Å²) in [5, 5.41) is 0. The van der Waals surface area contributed by atoms with Crippen molar-refractivity contribution in [2.45, 2.75) is 11.8 Å². The summed E-state index contributed by atoms with van der Waals surface area (Å²) in [5.74, 6) is 0.831. The van der Waals surface area contributed by atoms with Gasteiger partial charge in [-0.15, -0.1) is 11.8 Å². The van der Waals surface area contributed by atoms with Crippen molar-refractivity contribution < 1.29 is 9.53 Å². The molecule has 0 radical (unpaired) electrons. The van der Waals surface area contributed by atoms with Crippen LogP contribution in [0.25, 0.3) is 0 Å². The molecule has 98 valence electrons. The van der Waals surface area contributed by atoms with E-state index in [9.17, 15) is 4.79 Å². The maximum atomic E-state index is 12.6. The number of hydrogen-bond acceptors (Lipinski definition) is 3. The van der Waals surface area contributed by atoms with Crippen molar-refractivity contribution in [2.75, 3.05) is 13.4 Å². The first kappa shape index (κ1) is 13.7. The molecule has 0 atom stereocenters. The number of ether oxygens (including phenoxy) is 1. The molecule has 0 N–H and O–H groups in total. The van der Waals surface area contributed by atoms with Crippen LogP contribution < -0.4 is 4.74 Å². The van der Waals surface area contributed by atoms with E-state index in [2.05, 4.69) is 0 Å². The van der Waals surface area contributed by atoms with Gasteiger partial charge in [-0.2, -0.15) is 0 Å². The van der Waals surface area contributed by atoms with Crippen LogP contribution in [0.5, 0.6) is 5.75 Å². The number of rotatable bonds is 4. The van der Waals surface area contributed by atoms with Crippen LogP contribution in [-0.2, 0) is 0 Å². The first-order chi connectivity index (χ1) is 9.17. The zero-order valence-electron chi connectivity index (χ0n) is 11.3. The molecular weight excluding hydrogens is 256 g/mol. The molecule has 0 aliphatic heterocycles. The summed E-state index contributed by atoms with van der Waals surface area (Å²) in [5.41, 5.74) is 2.41. The van der Waals surface area contributed by atoms with Gasteiger partial charge in [-0.25, -0.2) is 0 Å². The normalized spacial score (nSPS) is 10.3. The van der Waals surface area contributed by atoms with Gasteiger partial charge in [0.05, 0.1) is 7.11 Å². The van der Waals surface area contributed by atoms with E-state index in [1.165, 1.54) is 0 Å². The summed E-state index contributed by atoms with van der Waals surface area (Å²) in [6.45, 7) is 1.93. The predicted molar refractivity (Wildman–Crippen MR) is 79.4 cm³/mol. The Morgan fingerprint density at radius 3 is 2.47 bits per heavy atom. The molecule has 0 aromatic heterocycles. The summed E-state index contributed by atoms with van der Waals surface area (Å²) in [6, 6.07) is 13.2. The van der Waals surface area contributed by atoms with Crippen molar-refractivity contribution in [3.63, 3.8) is 0 Å². The van der Waals surface area contributed by atoms with Crippen LogP contribution in [0.3, 0.4) is 0 Å². The van der Waals surface area contributed by atoms with Crippen LogP contribution in [0.1, 0.15) is 21.5 Å². The number of aryl methyl sites for hydroxylation is 1. The minimum atomic E-state index is 0.0603. The summed E-state index contributed by atoms with van der Waals surface area (Å²) >= 11 is 1.59. The minimum Gasteiger partial charge on any atom is -0.497 e. The van der Waals surface area contributed by atoms with E-state index < -0.39 is 0 Å². The topological polar surface area (TPSA) is 26.3 Å². The first-order valence-electron chi connectivity index (χ1n) is 5.99. The van der Waals surface area contributed by atoms with Gasteiger partial charge in [0.1, 0.15) is 5.75 Å². The molecule has 0 amide bonds. The zero-order chi connectivity index (χ0) is 13.8. The van der Waals surface area contributed by atoms with Crippen LogP contribution in [0, 0.1) is 6.92 Å². The Balaban J connectivity index is 2.44. The van der Waals surface area contributed by atoms with Gasteiger partial charge < -0.3 is 4.74 Å². The largest absolute Gasteiger partial charge is 0.497 e. The van der Waals surface area contributed by atoms with Crippen LogP contribution in [0.15, 0.2) is 47.4 Å². The Kier molecular flexibility index (Phi) is 4.27. The Morgan fingerprint density at radius 2 is 1.84 bits per heavy atom. The predicted octanol–water partition coefficient (Wildman–Crippen LogP) is 3.96. The molecule has 0 saturated carbocycles. The molecule has 0 spiro atoms. The highest BCUT2D eigenvalue weighted by Gasteiger charge is 2.15. The number of carbonyl (C=O) groups is 1. The molecule has 2 aromatic carbocycles. The third-order valence-electron chi connectivity index (χ3n) is 3.03. The molecule has 0 bridgehead atoms. The third-order valence-corrected chi connectivity index (χ3v) is 3.83. The number of thioether (sulfide) groups is 1. The fourth-order valence-corrected chi connectivity index (χ4v) is 2.59. The average molecular weight is 272 g/mol. The van der Waals surface area contributed by atoms with Gasteiger partial charge in [0, 0.05) is 16.0 Å². The van der Waals surface area contributed by atoms with Crippen LogP contribution in [0.4, 0.5) is 0 Å². The highest BCUT2D eigenvalue weighted by atomic mass is 32.2. The first-order valence-corrected chi connectivity index (χ1v) is 7.22. The Labute approximate surface area is 117 Å². The Hall–Kier alpha value is -1.74.